The molecule has 0 aromatic carbocycles. The SMILES string of the molecule is CC[C@@](O)(C(=O)OCC1=CCN2CC[C@@H](OC(=O)[C@](O)(CC(=O)OC)C(C)C)[C@@H]12)[C@@H](C)O. The van der Waals surface area contributed by atoms with Gasteiger partial charge >= 0.3 is 17.9 Å². The van der Waals surface area contributed by atoms with Gasteiger partial charge in [0.05, 0.1) is 25.7 Å². The number of ether oxygens (including phenoxy) is 3. The van der Waals surface area contributed by atoms with Crippen molar-refractivity contribution in [2.45, 2.75) is 76.4 Å². The number of methoxy groups -OCH3 is 1. The summed E-state index contributed by atoms with van der Waals surface area (Å²) in [4.78, 5) is 39.0. The Kier molecular flexibility index (Phi) is 8.44. The normalized spacial score (nSPS) is 25.3. The molecular weight excluding hydrogens is 422 g/mol. The zero-order chi connectivity index (χ0) is 24.3. The third kappa shape index (κ3) is 5.14. The van der Waals surface area contributed by atoms with E-state index in [-0.39, 0.29) is 19.1 Å². The van der Waals surface area contributed by atoms with Crippen LogP contribution in [0.3, 0.4) is 0 Å². The summed E-state index contributed by atoms with van der Waals surface area (Å²) in [5.41, 5.74) is -3.31. The van der Waals surface area contributed by atoms with Crippen LogP contribution in [0.2, 0.25) is 0 Å². The minimum absolute atomic E-state index is 0.00762. The number of carbonyl (C=O) groups is 3. The summed E-state index contributed by atoms with van der Waals surface area (Å²) < 4.78 is 15.5. The van der Waals surface area contributed by atoms with Crippen LogP contribution in [0.25, 0.3) is 0 Å². The lowest BCUT2D eigenvalue weighted by Crippen LogP contribution is -2.50. The summed E-state index contributed by atoms with van der Waals surface area (Å²) in [6.45, 7) is 7.21. The fraction of sp³-hybridized carbons (Fsp3) is 0.773. The topological polar surface area (TPSA) is 143 Å². The largest absolute Gasteiger partial charge is 0.469 e. The van der Waals surface area contributed by atoms with Gasteiger partial charge in [-0.1, -0.05) is 26.8 Å². The van der Waals surface area contributed by atoms with E-state index in [0.717, 1.165) is 0 Å². The molecule has 0 aliphatic carbocycles. The van der Waals surface area contributed by atoms with Crippen LogP contribution in [-0.4, -0.2) is 94.4 Å². The van der Waals surface area contributed by atoms with Crippen LogP contribution in [0.1, 0.15) is 47.0 Å². The number of aliphatic hydroxyl groups is 3. The van der Waals surface area contributed by atoms with Gasteiger partial charge in [0.15, 0.2) is 11.2 Å². The van der Waals surface area contributed by atoms with Crippen molar-refractivity contribution in [2.75, 3.05) is 26.8 Å². The van der Waals surface area contributed by atoms with E-state index in [4.69, 9.17) is 9.47 Å². The van der Waals surface area contributed by atoms with E-state index >= 15 is 0 Å². The third-order valence-corrected chi connectivity index (χ3v) is 6.58. The van der Waals surface area contributed by atoms with Gasteiger partial charge in [0, 0.05) is 13.1 Å². The Labute approximate surface area is 188 Å². The maximum absolute atomic E-state index is 12.9. The predicted molar refractivity (Wildman–Crippen MR) is 112 cm³/mol. The standard InChI is InChI=1S/C22H35NO9/c1-6-21(28,14(4)24)19(26)31-12-15-7-9-23-10-8-16(18(15)23)32-20(27)22(29,13(2)3)11-17(25)30-5/h7,13-14,16,18,24,28-29H,6,8-12H2,1-5H3/t14-,16-,18-,21+,22+/m1/s1. The molecule has 0 aromatic heterocycles. The molecule has 10 nitrogen and oxygen atoms in total. The molecule has 3 N–H and O–H groups in total. The molecule has 0 saturated carbocycles. The van der Waals surface area contributed by atoms with Gasteiger partial charge in [-0.15, -0.1) is 0 Å². The lowest BCUT2D eigenvalue weighted by Gasteiger charge is -2.32. The molecule has 182 valence electrons. The zero-order valence-corrected chi connectivity index (χ0v) is 19.4. The van der Waals surface area contributed by atoms with Gasteiger partial charge in [-0.3, -0.25) is 9.69 Å². The molecule has 0 aromatic rings. The van der Waals surface area contributed by atoms with Crippen molar-refractivity contribution in [1.29, 1.82) is 0 Å². The number of aliphatic hydroxyl groups excluding tert-OH is 1. The fourth-order valence-electron chi connectivity index (χ4n) is 4.05. The summed E-state index contributed by atoms with van der Waals surface area (Å²) in [6, 6.07) is -0.345. The number of nitrogens with zero attached hydrogens (tertiary/aromatic N) is 1. The molecule has 32 heavy (non-hydrogen) atoms. The van der Waals surface area contributed by atoms with Crippen LogP contribution in [0, 0.1) is 5.92 Å². The van der Waals surface area contributed by atoms with Crippen molar-refractivity contribution in [3.8, 4) is 0 Å². The highest BCUT2D eigenvalue weighted by atomic mass is 16.6. The van der Waals surface area contributed by atoms with Gasteiger partial charge in [-0.25, -0.2) is 9.59 Å². The molecule has 1 fully saturated rings. The van der Waals surface area contributed by atoms with E-state index in [1.165, 1.54) is 14.0 Å². The van der Waals surface area contributed by atoms with Crippen molar-refractivity contribution >= 4 is 17.9 Å². The summed E-state index contributed by atoms with van der Waals surface area (Å²) in [6.07, 6.45) is -0.0324. The smallest absolute Gasteiger partial charge is 0.341 e. The highest BCUT2D eigenvalue weighted by molar-refractivity contribution is 5.86. The van der Waals surface area contributed by atoms with Crippen molar-refractivity contribution in [3.05, 3.63) is 11.6 Å². The quantitative estimate of drug-likeness (QED) is 0.232. The second-order valence-corrected chi connectivity index (χ2v) is 8.81. The second kappa shape index (κ2) is 10.3. The number of carbonyl (C=O) groups excluding carboxylic acids is 3. The first-order valence-corrected chi connectivity index (χ1v) is 10.9. The Morgan fingerprint density at radius 2 is 1.84 bits per heavy atom. The third-order valence-electron chi connectivity index (χ3n) is 6.58. The summed E-state index contributed by atoms with van der Waals surface area (Å²) in [5.74, 6) is -3.13. The first-order valence-electron chi connectivity index (χ1n) is 10.9. The summed E-state index contributed by atoms with van der Waals surface area (Å²) in [5, 5.41) is 30.9. The van der Waals surface area contributed by atoms with Gasteiger partial charge in [-0.2, -0.15) is 0 Å². The predicted octanol–water partition coefficient (Wildman–Crippen LogP) is -0.0722. The molecule has 0 unspecified atom stereocenters. The molecule has 2 rings (SSSR count). The lowest BCUT2D eigenvalue weighted by molar-refractivity contribution is -0.182. The van der Waals surface area contributed by atoms with Crippen molar-refractivity contribution in [3.63, 3.8) is 0 Å². The van der Waals surface area contributed by atoms with Crippen molar-refractivity contribution < 1.29 is 43.9 Å². The first-order chi connectivity index (χ1) is 14.9. The molecule has 1 saturated heterocycles. The van der Waals surface area contributed by atoms with Gasteiger partial charge in [0.2, 0.25) is 0 Å². The lowest BCUT2D eigenvalue weighted by atomic mass is 9.87. The van der Waals surface area contributed by atoms with E-state index in [0.29, 0.717) is 25.1 Å². The molecule has 5 atom stereocenters. The van der Waals surface area contributed by atoms with Crippen LogP contribution in [0.4, 0.5) is 0 Å². The Morgan fingerprint density at radius 3 is 2.38 bits per heavy atom. The average molecular weight is 458 g/mol. The van der Waals surface area contributed by atoms with E-state index < -0.39 is 53.7 Å². The molecule has 10 heteroatoms. The van der Waals surface area contributed by atoms with Gasteiger partial charge in [0.25, 0.3) is 0 Å². The van der Waals surface area contributed by atoms with Crippen molar-refractivity contribution in [2.24, 2.45) is 5.92 Å². The molecule has 2 heterocycles. The number of rotatable bonds is 10. The van der Waals surface area contributed by atoms with E-state index in [9.17, 15) is 29.7 Å². The molecule has 2 aliphatic heterocycles. The molecule has 2 aliphatic rings. The highest BCUT2D eigenvalue weighted by Gasteiger charge is 2.48. The minimum Gasteiger partial charge on any atom is -0.469 e. The average Bonchev–Trinajstić information content (AvgIpc) is 3.33. The van der Waals surface area contributed by atoms with Crippen LogP contribution in [-0.2, 0) is 28.6 Å². The molecule has 0 radical (unpaired) electrons. The van der Waals surface area contributed by atoms with Crippen LogP contribution < -0.4 is 0 Å². The van der Waals surface area contributed by atoms with Crippen LogP contribution in [0.5, 0.6) is 0 Å². The van der Waals surface area contributed by atoms with E-state index in [2.05, 4.69) is 9.64 Å². The number of hydrogen-bond acceptors (Lipinski definition) is 10. The number of esters is 3. The minimum atomic E-state index is -2.02. The van der Waals surface area contributed by atoms with Gasteiger partial charge in [0.1, 0.15) is 12.7 Å². The second-order valence-electron chi connectivity index (χ2n) is 8.81. The summed E-state index contributed by atoms with van der Waals surface area (Å²) in [7, 11) is 1.18. The fourth-order valence-corrected chi connectivity index (χ4v) is 4.05. The maximum Gasteiger partial charge on any atom is 0.341 e. The van der Waals surface area contributed by atoms with Gasteiger partial charge < -0.3 is 29.5 Å². The van der Waals surface area contributed by atoms with Crippen molar-refractivity contribution in [1.82, 2.24) is 4.90 Å². The first kappa shape index (κ1) is 26.2. The van der Waals surface area contributed by atoms with E-state index in [1.54, 1.807) is 20.8 Å². The zero-order valence-electron chi connectivity index (χ0n) is 19.4. The number of hydrogen-bond donors (Lipinski definition) is 3. The Bertz CT molecular complexity index is 750. The summed E-state index contributed by atoms with van der Waals surface area (Å²) >= 11 is 0. The number of fused-ring (bicyclic) bond motifs is 1. The van der Waals surface area contributed by atoms with Crippen LogP contribution in [0.15, 0.2) is 11.6 Å². The monoisotopic (exact) mass is 457 g/mol. The van der Waals surface area contributed by atoms with Gasteiger partial charge in [-0.05, 0) is 31.3 Å². The maximum atomic E-state index is 12.9. The van der Waals surface area contributed by atoms with E-state index in [1.807, 2.05) is 6.08 Å². The molecule has 0 bridgehead atoms. The van der Waals surface area contributed by atoms with Crippen LogP contribution >= 0.6 is 0 Å². The Hall–Kier alpha value is -2.01. The molecular formula is C22H35NO9. The Balaban J connectivity index is 2.08. The molecule has 0 amide bonds. The Morgan fingerprint density at radius 1 is 1.19 bits per heavy atom. The highest BCUT2D eigenvalue weighted by Crippen LogP contribution is 2.34. The molecule has 0 spiro atoms.